The minimum atomic E-state index is -0.165. The lowest BCUT2D eigenvalue weighted by molar-refractivity contribution is 0.195. The highest BCUT2D eigenvalue weighted by Gasteiger charge is 2.64. The predicted molar refractivity (Wildman–Crippen MR) is 269 cm³/mol. The zero-order valence-electron chi connectivity index (χ0n) is 39.2. The van der Waals surface area contributed by atoms with Gasteiger partial charge >= 0.3 is 0 Å². The lowest BCUT2D eigenvalue weighted by Gasteiger charge is -2.54. The van der Waals surface area contributed by atoms with Crippen LogP contribution in [0.15, 0.2) is 127 Å². The summed E-state index contributed by atoms with van der Waals surface area (Å²) in [6.45, 7) is 22.0. The van der Waals surface area contributed by atoms with Crippen molar-refractivity contribution in [1.82, 2.24) is 0 Å². The second-order valence-corrected chi connectivity index (χ2v) is 23.0. The van der Waals surface area contributed by atoms with E-state index in [2.05, 4.69) is 204 Å². The molecular weight excluding hydrogens is 761 g/mol. The Bertz CT molecular complexity index is 2850. The maximum absolute atomic E-state index is 2.94. The van der Waals surface area contributed by atoms with Crippen molar-refractivity contribution in [2.45, 2.75) is 146 Å². The van der Waals surface area contributed by atoms with Crippen molar-refractivity contribution in [2.75, 3.05) is 14.7 Å². The molecule has 4 atom stereocenters. The Kier molecular flexibility index (Phi) is 8.10. The van der Waals surface area contributed by atoms with Crippen LogP contribution in [0.3, 0.4) is 0 Å². The molecule has 3 nitrogen and oxygen atoms in total. The summed E-state index contributed by atoms with van der Waals surface area (Å²) < 4.78 is 0. The average Bonchev–Trinajstić information content (AvgIpc) is 3.64. The number of benzene rings is 6. The maximum atomic E-state index is 2.94. The molecule has 0 N–H and O–H groups in total. The van der Waals surface area contributed by atoms with Crippen LogP contribution in [-0.4, -0.2) is 17.8 Å². The van der Waals surface area contributed by atoms with E-state index in [9.17, 15) is 0 Å². The standard InChI is InChI=1S/C59H64BN3/c1-54(2,3)39-26-29-42(30-27-39)61-49-31-28-41(55(4,5)6)36-47(49)60-46-24-19-23-45-53(46)63(58(9)34-17-18-35-59(45,58)40-20-11-10-12-21-40)51-38-43(37-50(61)52(51)60)62-48-25-14-13-22-44(48)56(7)32-15-16-33-57(56,62)8/h10-14,19-31,36-38H,15-18,32-35H2,1-9H3. The van der Waals surface area contributed by atoms with Crippen LogP contribution in [0.5, 0.6) is 0 Å². The predicted octanol–water partition coefficient (Wildman–Crippen LogP) is 13.4. The van der Waals surface area contributed by atoms with E-state index in [4.69, 9.17) is 0 Å². The summed E-state index contributed by atoms with van der Waals surface area (Å²) in [5.74, 6) is 0. The van der Waals surface area contributed by atoms with Crippen LogP contribution in [0.25, 0.3) is 0 Å². The van der Waals surface area contributed by atoms with Crippen molar-refractivity contribution in [3.8, 4) is 0 Å². The van der Waals surface area contributed by atoms with Crippen molar-refractivity contribution < 1.29 is 0 Å². The second-order valence-electron chi connectivity index (χ2n) is 23.0. The summed E-state index contributed by atoms with van der Waals surface area (Å²) >= 11 is 0. The molecule has 0 amide bonds. The van der Waals surface area contributed by atoms with E-state index in [0.29, 0.717) is 0 Å². The van der Waals surface area contributed by atoms with Gasteiger partial charge in [0.25, 0.3) is 6.71 Å². The first-order chi connectivity index (χ1) is 30.1. The third-order valence-corrected chi connectivity index (χ3v) is 17.8. The summed E-state index contributed by atoms with van der Waals surface area (Å²) in [7, 11) is 0. The lowest BCUT2D eigenvalue weighted by atomic mass is 9.33. The molecule has 0 saturated heterocycles. The van der Waals surface area contributed by atoms with Crippen LogP contribution in [0, 0.1) is 0 Å². The molecule has 6 aromatic carbocycles. The van der Waals surface area contributed by atoms with E-state index in [1.54, 1.807) is 0 Å². The minimum absolute atomic E-state index is 0.00550. The SMILES string of the molecule is CC(C)(C)c1ccc(N2c3ccc(C(C)(C)C)cc3B3c4cccc5c4N(c4cc(N6c7ccccc7C7(C)CCCCC67C)cc2c43)C2(C)CCCCC52c2ccccc2)cc1. The number of rotatable bonds is 3. The topological polar surface area (TPSA) is 9.72 Å². The molecule has 4 heterocycles. The highest BCUT2D eigenvalue weighted by molar-refractivity contribution is 7.00. The maximum Gasteiger partial charge on any atom is 0.252 e. The van der Waals surface area contributed by atoms with Gasteiger partial charge in [-0.25, -0.2) is 0 Å². The van der Waals surface area contributed by atoms with Crippen molar-refractivity contribution in [3.63, 3.8) is 0 Å². The molecule has 2 fully saturated rings. The van der Waals surface area contributed by atoms with Gasteiger partial charge < -0.3 is 14.7 Å². The summed E-state index contributed by atoms with van der Waals surface area (Å²) in [6, 6.07) is 50.9. The number of hydrogen-bond acceptors (Lipinski definition) is 3. The molecule has 0 bridgehead atoms. The molecule has 63 heavy (non-hydrogen) atoms. The summed E-state index contributed by atoms with van der Waals surface area (Å²) in [6.07, 6.45) is 9.70. The summed E-state index contributed by atoms with van der Waals surface area (Å²) in [4.78, 5) is 8.43. The minimum Gasteiger partial charge on any atom is -0.335 e. The molecule has 0 radical (unpaired) electrons. The zero-order valence-corrected chi connectivity index (χ0v) is 39.2. The quantitative estimate of drug-likeness (QED) is 0.164. The van der Waals surface area contributed by atoms with Gasteiger partial charge in [-0.15, -0.1) is 0 Å². The first-order valence-electron chi connectivity index (χ1n) is 24.2. The Hall–Kier alpha value is -5.22. The highest BCUT2D eigenvalue weighted by Crippen LogP contribution is 2.66. The Labute approximate surface area is 377 Å². The van der Waals surface area contributed by atoms with Crippen molar-refractivity contribution >= 4 is 62.9 Å². The van der Waals surface area contributed by atoms with E-state index < -0.39 is 0 Å². The number of hydrogen-bond donors (Lipinski definition) is 0. The fourth-order valence-corrected chi connectivity index (χ4v) is 14.4. The third kappa shape index (κ3) is 4.99. The highest BCUT2D eigenvalue weighted by atomic mass is 15.3. The lowest BCUT2D eigenvalue weighted by Crippen LogP contribution is -2.65. The van der Waals surface area contributed by atoms with Crippen LogP contribution in [0.1, 0.15) is 141 Å². The number of nitrogens with zero attached hydrogens (tertiary/aromatic N) is 3. The molecule has 0 aromatic heterocycles. The van der Waals surface area contributed by atoms with Gasteiger partial charge in [0, 0.05) is 50.6 Å². The fourth-order valence-electron chi connectivity index (χ4n) is 14.4. The molecule has 4 unspecified atom stereocenters. The van der Waals surface area contributed by atoms with E-state index in [1.165, 1.54) is 123 Å². The van der Waals surface area contributed by atoms with Gasteiger partial charge in [0.15, 0.2) is 0 Å². The molecule has 6 aromatic rings. The van der Waals surface area contributed by atoms with Crippen molar-refractivity contribution in [1.29, 1.82) is 0 Å². The largest absolute Gasteiger partial charge is 0.335 e. The molecule has 2 saturated carbocycles. The molecule has 318 valence electrons. The van der Waals surface area contributed by atoms with E-state index in [0.717, 1.165) is 12.8 Å². The molecule has 4 heteroatoms. The van der Waals surface area contributed by atoms with Crippen LogP contribution in [0.2, 0.25) is 0 Å². The number of fused-ring (bicyclic) bond motifs is 10. The molecule has 12 rings (SSSR count). The van der Waals surface area contributed by atoms with Gasteiger partial charge in [-0.3, -0.25) is 0 Å². The van der Waals surface area contributed by atoms with E-state index in [-0.39, 0.29) is 39.5 Å². The average molecular weight is 826 g/mol. The smallest absolute Gasteiger partial charge is 0.252 e. The van der Waals surface area contributed by atoms with Crippen LogP contribution >= 0.6 is 0 Å². The van der Waals surface area contributed by atoms with Crippen molar-refractivity contribution in [2.24, 2.45) is 0 Å². The number of para-hydroxylation sites is 2. The van der Waals surface area contributed by atoms with Gasteiger partial charge in [0.1, 0.15) is 0 Å². The Morgan fingerprint density at radius 1 is 0.476 bits per heavy atom. The van der Waals surface area contributed by atoms with Gasteiger partial charge in [0.05, 0.1) is 11.1 Å². The van der Waals surface area contributed by atoms with Gasteiger partial charge in [-0.2, -0.15) is 0 Å². The van der Waals surface area contributed by atoms with Crippen LogP contribution in [-0.2, 0) is 21.7 Å². The molecule has 0 spiro atoms. The molecule has 4 aliphatic heterocycles. The van der Waals surface area contributed by atoms with Crippen LogP contribution < -0.4 is 31.1 Å². The Morgan fingerprint density at radius 2 is 1.11 bits per heavy atom. The third-order valence-electron chi connectivity index (χ3n) is 17.8. The first kappa shape index (κ1) is 39.4. The summed E-state index contributed by atoms with van der Waals surface area (Å²) in [5.41, 5.74) is 20.8. The molecule has 2 aliphatic carbocycles. The Balaban J connectivity index is 1.21. The normalized spacial score (nSPS) is 26.4. The molecular formula is C59H64BN3. The van der Waals surface area contributed by atoms with Crippen LogP contribution in [0.4, 0.5) is 39.8 Å². The van der Waals surface area contributed by atoms with Gasteiger partial charge in [0.2, 0.25) is 0 Å². The first-order valence-corrected chi connectivity index (χ1v) is 24.2. The molecule has 6 aliphatic rings. The number of anilines is 7. The van der Waals surface area contributed by atoms with Gasteiger partial charge in [-0.05, 0) is 131 Å². The fraction of sp³-hybridized carbons (Fsp3) is 0.390. The van der Waals surface area contributed by atoms with Gasteiger partial charge in [-0.1, -0.05) is 165 Å². The second kappa shape index (κ2) is 13.0. The zero-order chi connectivity index (χ0) is 43.5. The van der Waals surface area contributed by atoms with E-state index >= 15 is 0 Å². The van der Waals surface area contributed by atoms with E-state index in [1.807, 2.05) is 0 Å². The summed E-state index contributed by atoms with van der Waals surface area (Å²) in [5, 5.41) is 0. The Morgan fingerprint density at radius 3 is 1.86 bits per heavy atom. The van der Waals surface area contributed by atoms with Crippen molar-refractivity contribution in [3.05, 3.63) is 155 Å². The monoisotopic (exact) mass is 826 g/mol.